The number of hydrogen-bond donors (Lipinski definition) is 1. The third-order valence-electron chi connectivity index (χ3n) is 7.46. The topological polar surface area (TPSA) is 82.9 Å². The fraction of sp³-hybridized carbons (Fsp3) is 0.300. The molecule has 1 amide bonds. The van der Waals surface area contributed by atoms with Crippen molar-refractivity contribution < 1.29 is 22.0 Å². The summed E-state index contributed by atoms with van der Waals surface area (Å²) in [5, 5.41) is 3.33. The van der Waals surface area contributed by atoms with Gasteiger partial charge in [-0.05, 0) is 79.3 Å². The molecular formula is C30H32FN3O4S2. The van der Waals surface area contributed by atoms with E-state index in [2.05, 4.69) is 5.32 Å². The Morgan fingerprint density at radius 1 is 1.15 bits per heavy atom. The lowest BCUT2D eigenvalue weighted by atomic mass is 9.89. The highest BCUT2D eigenvalue weighted by Gasteiger charge is 2.33. The maximum Gasteiger partial charge on any atom is 0.255 e. The molecular weight excluding hydrogens is 549 g/mol. The van der Waals surface area contributed by atoms with E-state index in [0.717, 1.165) is 23.2 Å². The van der Waals surface area contributed by atoms with Crippen LogP contribution in [0.4, 0.5) is 10.1 Å². The van der Waals surface area contributed by atoms with Crippen LogP contribution < -0.4 is 9.62 Å². The van der Waals surface area contributed by atoms with Crippen molar-refractivity contribution in [1.82, 2.24) is 9.62 Å². The quantitative estimate of drug-likeness (QED) is 0.262. The van der Waals surface area contributed by atoms with Crippen LogP contribution in [0.15, 0.2) is 70.0 Å². The number of anilines is 1. The summed E-state index contributed by atoms with van der Waals surface area (Å²) in [6.45, 7) is 2.66. The SMILES string of the molecule is CNC(=O)c1c(-c2ccc(F)cc2)oc2cc(N(C)SC)c([C@H]3CCCN(S(=O)(=O)c4cccc(C)c4)C3)cc12. The highest BCUT2D eigenvalue weighted by Crippen LogP contribution is 2.42. The summed E-state index contributed by atoms with van der Waals surface area (Å²) in [4.78, 5) is 13.4. The molecule has 0 radical (unpaired) electrons. The second kappa shape index (κ2) is 11.3. The molecule has 5 rings (SSSR count). The first-order valence-corrected chi connectivity index (χ1v) is 15.7. The number of carbonyl (C=O) groups excluding carboxylic acids is 1. The van der Waals surface area contributed by atoms with Crippen molar-refractivity contribution in [2.45, 2.75) is 30.6 Å². The molecule has 10 heteroatoms. The van der Waals surface area contributed by atoms with Gasteiger partial charge in [-0.15, -0.1) is 0 Å². The lowest BCUT2D eigenvalue weighted by Gasteiger charge is -2.34. The summed E-state index contributed by atoms with van der Waals surface area (Å²) in [7, 11) is -0.162. The molecule has 1 atom stereocenters. The molecule has 3 aromatic carbocycles. The molecule has 1 aliphatic heterocycles. The van der Waals surface area contributed by atoms with E-state index in [9.17, 15) is 17.6 Å². The minimum Gasteiger partial charge on any atom is -0.455 e. The van der Waals surface area contributed by atoms with Crippen LogP contribution in [0.25, 0.3) is 22.3 Å². The van der Waals surface area contributed by atoms with Crippen molar-refractivity contribution in [3.05, 3.63) is 83.2 Å². The average molecular weight is 582 g/mol. The van der Waals surface area contributed by atoms with Crippen LogP contribution in [0.1, 0.15) is 40.2 Å². The summed E-state index contributed by atoms with van der Waals surface area (Å²) in [5.41, 5.74) is 4.21. The van der Waals surface area contributed by atoms with E-state index in [1.54, 1.807) is 41.7 Å². The first-order valence-electron chi connectivity index (χ1n) is 13.1. The Morgan fingerprint density at radius 2 is 1.90 bits per heavy atom. The van der Waals surface area contributed by atoms with Gasteiger partial charge >= 0.3 is 0 Å². The van der Waals surface area contributed by atoms with E-state index in [4.69, 9.17) is 4.42 Å². The fourth-order valence-corrected chi connectivity index (χ4v) is 7.33. The zero-order valence-corrected chi connectivity index (χ0v) is 24.5. The van der Waals surface area contributed by atoms with Crippen molar-refractivity contribution in [1.29, 1.82) is 0 Å². The number of nitrogens with one attached hydrogen (secondary N) is 1. The van der Waals surface area contributed by atoms with Crippen molar-refractivity contribution in [3.8, 4) is 11.3 Å². The minimum absolute atomic E-state index is 0.0935. The third kappa shape index (κ3) is 5.23. The number of aryl methyl sites for hydroxylation is 1. The van der Waals surface area contributed by atoms with E-state index in [-0.39, 0.29) is 17.6 Å². The van der Waals surface area contributed by atoms with Gasteiger partial charge in [-0.2, -0.15) is 4.31 Å². The van der Waals surface area contributed by atoms with Crippen LogP contribution in [0.3, 0.4) is 0 Å². The van der Waals surface area contributed by atoms with E-state index < -0.39 is 10.0 Å². The lowest BCUT2D eigenvalue weighted by Crippen LogP contribution is -2.39. The highest BCUT2D eigenvalue weighted by atomic mass is 32.2. The monoisotopic (exact) mass is 581 g/mol. The summed E-state index contributed by atoms with van der Waals surface area (Å²) in [6.07, 6.45) is 3.48. The smallest absolute Gasteiger partial charge is 0.255 e. The van der Waals surface area contributed by atoms with Crippen LogP contribution in [0.2, 0.25) is 0 Å². The standard InChI is InChI=1S/C30H32FN3O4S2/c1-19-7-5-9-23(15-19)40(36,37)34-14-6-8-21(18-34)24-16-25-27(17-26(24)33(3)39-4)38-29(28(25)30(35)32-2)20-10-12-22(31)13-11-20/h5,7,9-13,15-17,21H,6,8,14,18H2,1-4H3,(H,32,35)/t21-/m0/s1. The van der Waals surface area contributed by atoms with Gasteiger partial charge in [0.25, 0.3) is 5.91 Å². The van der Waals surface area contributed by atoms with Gasteiger partial charge in [0.1, 0.15) is 17.2 Å². The zero-order chi connectivity index (χ0) is 28.6. The Morgan fingerprint density at radius 3 is 2.58 bits per heavy atom. The fourth-order valence-electron chi connectivity index (χ4n) is 5.34. The maximum atomic E-state index is 13.7. The molecule has 7 nitrogen and oxygen atoms in total. The van der Waals surface area contributed by atoms with Gasteiger partial charge in [0.05, 0.1) is 16.1 Å². The Kier molecular flexibility index (Phi) is 7.94. The number of carbonyl (C=O) groups is 1. The van der Waals surface area contributed by atoms with Crippen molar-refractivity contribution in [3.63, 3.8) is 0 Å². The molecule has 1 aromatic heterocycles. The number of sulfonamides is 1. The molecule has 0 unspecified atom stereocenters. The van der Waals surface area contributed by atoms with Gasteiger partial charge in [0, 0.05) is 50.5 Å². The van der Waals surface area contributed by atoms with Gasteiger partial charge in [-0.25, -0.2) is 12.8 Å². The average Bonchev–Trinajstić information content (AvgIpc) is 3.34. The Bertz CT molecular complexity index is 1670. The van der Waals surface area contributed by atoms with Crippen LogP contribution >= 0.6 is 11.9 Å². The Labute approximate surface area is 238 Å². The number of nitrogens with zero attached hydrogens (tertiary/aromatic N) is 2. The summed E-state index contributed by atoms with van der Waals surface area (Å²) in [5.74, 6) is -0.433. The van der Waals surface area contributed by atoms with Crippen molar-refractivity contribution >= 4 is 44.5 Å². The van der Waals surface area contributed by atoms with Crippen LogP contribution in [0.5, 0.6) is 0 Å². The molecule has 1 aliphatic rings. The number of piperidine rings is 1. The van der Waals surface area contributed by atoms with Crippen molar-refractivity contribution in [2.24, 2.45) is 0 Å². The zero-order valence-electron chi connectivity index (χ0n) is 22.9. The van der Waals surface area contributed by atoms with Gasteiger partial charge in [0.2, 0.25) is 10.0 Å². The van der Waals surface area contributed by atoms with E-state index in [0.29, 0.717) is 52.3 Å². The second-order valence-corrected chi connectivity index (χ2v) is 12.8. The molecule has 40 heavy (non-hydrogen) atoms. The van der Waals surface area contributed by atoms with Crippen LogP contribution in [-0.4, -0.2) is 52.1 Å². The highest BCUT2D eigenvalue weighted by molar-refractivity contribution is 7.99. The van der Waals surface area contributed by atoms with Crippen molar-refractivity contribution in [2.75, 3.05) is 37.7 Å². The van der Waals surface area contributed by atoms with Gasteiger partial charge in [-0.3, -0.25) is 4.79 Å². The number of rotatable bonds is 7. The molecule has 2 heterocycles. The number of furan rings is 1. The first kappa shape index (κ1) is 28.2. The molecule has 0 saturated carbocycles. The third-order valence-corrected chi connectivity index (χ3v) is 10.1. The molecule has 0 bridgehead atoms. The molecule has 210 valence electrons. The number of hydrogen-bond acceptors (Lipinski definition) is 6. The molecule has 4 aromatic rings. The van der Waals surface area contributed by atoms with Gasteiger partial charge in [0.15, 0.2) is 0 Å². The molecule has 1 N–H and O–H groups in total. The van der Waals surface area contributed by atoms with Gasteiger partial charge < -0.3 is 14.0 Å². The Balaban J connectivity index is 1.63. The van der Waals surface area contributed by atoms with Gasteiger partial charge in [-0.1, -0.05) is 24.1 Å². The summed E-state index contributed by atoms with van der Waals surface area (Å²) >= 11 is 1.53. The normalized spacial score (nSPS) is 16.3. The first-order chi connectivity index (χ1) is 19.1. The summed E-state index contributed by atoms with van der Waals surface area (Å²) in [6, 6.07) is 16.7. The molecule has 0 aliphatic carbocycles. The van der Waals surface area contributed by atoms with Crippen LogP contribution in [-0.2, 0) is 10.0 Å². The van der Waals surface area contributed by atoms with E-state index in [1.165, 1.54) is 24.1 Å². The predicted octanol–water partition coefficient (Wildman–Crippen LogP) is 6.19. The number of benzene rings is 3. The van der Waals surface area contributed by atoms with E-state index >= 15 is 0 Å². The number of halogens is 1. The second-order valence-electron chi connectivity index (χ2n) is 10.00. The molecule has 1 saturated heterocycles. The summed E-state index contributed by atoms with van der Waals surface area (Å²) < 4.78 is 50.7. The largest absolute Gasteiger partial charge is 0.455 e. The number of fused-ring (bicyclic) bond motifs is 1. The predicted molar refractivity (Wildman–Crippen MR) is 159 cm³/mol. The minimum atomic E-state index is -3.67. The molecule has 0 spiro atoms. The molecule has 1 fully saturated rings. The Hall–Kier alpha value is -3.34. The maximum absolute atomic E-state index is 13.7. The number of amides is 1. The van der Waals surface area contributed by atoms with E-state index in [1.807, 2.05) is 42.7 Å². The van der Waals surface area contributed by atoms with Crippen LogP contribution in [0, 0.1) is 12.7 Å². The lowest BCUT2D eigenvalue weighted by molar-refractivity contribution is 0.0964.